The lowest BCUT2D eigenvalue weighted by molar-refractivity contribution is 0.366. The first kappa shape index (κ1) is 11.5. The minimum atomic E-state index is -0.962. The molecule has 3 N–H and O–H groups in total. The molecule has 1 aromatic heterocycles. The molecule has 7 heteroatoms. The number of ether oxygens (including phenoxy) is 1. The summed E-state index contributed by atoms with van der Waals surface area (Å²) >= 11 is 5.68. The summed E-state index contributed by atoms with van der Waals surface area (Å²) < 4.78 is 23.2. The van der Waals surface area contributed by atoms with E-state index in [1.165, 1.54) is 19.4 Å². The van der Waals surface area contributed by atoms with Gasteiger partial charge >= 0.3 is 0 Å². The topological polar surface area (TPSA) is 81.5 Å². The van der Waals surface area contributed by atoms with Gasteiger partial charge in [-0.15, -0.1) is 0 Å². The molecule has 0 amide bonds. The number of nitrogen functional groups attached to an aromatic ring is 1. The van der Waals surface area contributed by atoms with Crippen molar-refractivity contribution in [1.29, 1.82) is 0 Å². The van der Waals surface area contributed by atoms with Gasteiger partial charge in [0.05, 0.1) is 23.9 Å². The first-order valence-electron chi connectivity index (χ1n) is 4.51. The molecule has 1 heterocycles. The van der Waals surface area contributed by atoms with Crippen LogP contribution in [0.15, 0.2) is 16.8 Å². The van der Waals surface area contributed by atoms with Crippen LogP contribution in [0.5, 0.6) is 11.5 Å². The number of nitrogens with zero attached hydrogens (tertiary/aromatic N) is 1. The molecule has 0 saturated heterocycles. The van der Waals surface area contributed by atoms with Crippen molar-refractivity contribution in [2.75, 3.05) is 12.8 Å². The molecule has 2 aromatic rings. The number of benzene rings is 1. The number of nitrogens with two attached hydrogens (primary N) is 1. The van der Waals surface area contributed by atoms with Gasteiger partial charge in [-0.3, -0.25) is 0 Å². The Bertz CT molecular complexity index is 571. The maximum absolute atomic E-state index is 13.7. The van der Waals surface area contributed by atoms with Crippen LogP contribution >= 0.6 is 11.6 Å². The third-order valence-corrected chi connectivity index (χ3v) is 2.53. The Labute approximate surface area is 101 Å². The Balaban J connectivity index is 2.74. The Morgan fingerprint density at radius 3 is 2.76 bits per heavy atom. The Kier molecular flexibility index (Phi) is 2.81. The number of aromatic hydroxyl groups is 1. The van der Waals surface area contributed by atoms with Gasteiger partial charge < -0.3 is 20.1 Å². The van der Waals surface area contributed by atoms with Gasteiger partial charge in [0, 0.05) is 5.56 Å². The third kappa shape index (κ3) is 1.76. The van der Waals surface area contributed by atoms with E-state index in [1.54, 1.807) is 0 Å². The summed E-state index contributed by atoms with van der Waals surface area (Å²) in [5, 5.41) is 12.7. The van der Waals surface area contributed by atoms with Crippen LogP contribution in [0.4, 0.5) is 10.3 Å². The van der Waals surface area contributed by atoms with Crippen LogP contribution in [0.2, 0.25) is 5.02 Å². The van der Waals surface area contributed by atoms with E-state index in [4.69, 9.17) is 22.1 Å². The fourth-order valence-electron chi connectivity index (χ4n) is 1.44. The molecule has 1 aromatic carbocycles. The molecule has 0 bridgehead atoms. The molecule has 0 aliphatic carbocycles. The molecule has 0 radical (unpaired) electrons. The van der Waals surface area contributed by atoms with Crippen LogP contribution in [0.3, 0.4) is 0 Å². The minimum Gasteiger partial charge on any atom is -0.504 e. The second-order valence-electron chi connectivity index (χ2n) is 3.21. The number of methoxy groups -OCH3 is 1. The number of phenolic OH excluding ortho intramolecular Hbond substituents is 1. The van der Waals surface area contributed by atoms with E-state index in [2.05, 4.69) is 9.68 Å². The molecular weight excluding hydrogens is 251 g/mol. The number of phenols is 1. The van der Waals surface area contributed by atoms with Gasteiger partial charge in [0.2, 0.25) is 11.7 Å². The Hall–Kier alpha value is -1.95. The SMILES string of the molecule is COc1c(-c2cnoc2N)cc(Cl)c(O)c1F. The van der Waals surface area contributed by atoms with E-state index < -0.39 is 11.6 Å². The third-order valence-electron chi connectivity index (χ3n) is 2.24. The fourth-order valence-corrected chi connectivity index (χ4v) is 1.63. The highest BCUT2D eigenvalue weighted by Crippen LogP contribution is 2.42. The van der Waals surface area contributed by atoms with Crippen molar-refractivity contribution in [2.24, 2.45) is 0 Å². The van der Waals surface area contributed by atoms with Gasteiger partial charge in [-0.2, -0.15) is 4.39 Å². The monoisotopic (exact) mass is 258 g/mol. The predicted molar refractivity (Wildman–Crippen MR) is 59.5 cm³/mol. The number of hydrogen-bond acceptors (Lipinski definition) is 5. The van der Waals surface area contributed by atoms with E-state index in [9.17, 15) is 9.50 Å². The summed E-state index contributed by atoms with van der Waals surface area (Å²) in [6, 6.07) is 1.32. The van der Waals surface area contributed by atoms with Gasteiger partial charge in [-0.1, -0.05) is 16.8 Å². The first-order valence-corrected chi connectivity index (χ1v) is 4.89. The Morgan fingerprint density at radius 2 is 2.24 bits per heavy atom. The number of hydrogen-bond donors (Lipinski definition) is 2. The maximum atomic E-state index is 13.7. The average Bonchev–Trinajstić information content (AvgIpc) is 2.72. The zero-order chi connectivity index (χ0) is 12.6. The Morgan fingerprint density at radius 1 is 1.53 bits per heavy atom. The molecule has 0 saturated carbocycles. The summed E-state index contributed by atoms with van der Waals surface area (Å²) in [4.78, 5) is 0. The molecule has 0 spiro atoms. The number of anilines is 1. The van der Waals surface area contributed by atoms with Crippen LogP contribution in [-0.4, -0.2) is 17.4 Å². The highest BCUT2D eigenvalue weighted by atomic mass is 35.5. The highest BCUT2D eigenvalue weighted by molar-refractivity contribution is 6.32. The molecule has 0 aliphatic rings. The second-order valence-corrected chi connectivity index (χ2v) is 3.61. The summed E-state index contributed by atoms with van der Waals surface area (Å²) in [6.45, 7) is 0. The van der Waals surface area contributed by atoms with Crippen LogP contribution in [0, 0.1) is 5.82 Å². The molecule has 90 valence electrons. The highest BCUT2D eigenvalue weighted by Gasteiger charge is 2.21. The lowest BCUT2D eigenvalue weighted by Gasteiger charge is -2.10. The maximum Gasteiger partial charge on any atom is 0.230 e. The fraction of sp³-hybridized carbons (Fsp3) is 0.100. The number of rotatable bonds is 2. The average molecular weight is 259 g/mol. The number of aromatic nitrogens is 1. The molecule has 2 rings (SSSR count). The van der Waals surface area contributed by atoms with Gasteiger partial charge in [0.15, 0.2) is 11.5 Å². The standard InChI is InChI=1S/C10H8ClFN2O3/c1-16-9-4(5-3-14-17-10(5)13)2-6(11)8(15)7(9)12/h2-3,15H,13H2,1H3. The van der Waals surface area contributed by atoms with Crippen molar-refractivity contribution in [3.63, 3.8) is 0 Å². The lowest BCUT2D eigenvalue weighted by Crippen LogP contribution is -1.94. The zero-order valence-corrected chi connectivity index (χ0v) is 9.45. The molecule has 0 aliphatic heterocycles. The molecule has 5 nitrogen and oxygen atoms in total. The van der Waals surface area contributed by atoms with Crippen molar-refractivity contribution >= 4 is 17.5 Å². The van der Waals surface area contributed by atoms with Gasteiger partial charge in [0.1, 0.15) is 0 Å². The summed E-state index contributed by atoms with van der Waals surface area (Å²) in [5.74, 6) is -1.82. The smallest absolute Gasteiger partial charge is 0.230 e. The minimum absolute atomic E-state index is 0.00413. The van der Waals surface area contributed by atoms with Gasteiger partial charge in [-0.25, -0.2) is 0 Å². The summed E-state index contributed by atoms with van der Waals surface area (Å²) in [7, 11) is 1.26. The van der Waals surface area contributed by atoms with E-state index in [1.807, 2.05) is 0 Å². The zero-order valence-electron chi connectivity index (χ0n) is 8.70. The largest absolute Gasteiger partial charge is 0.504 e. The van der Waals surface area contributed by atoms with Crippen molar-refractivity contribution in [3.05, 3.63) is 23.1 Å². The van der Waals surface area contributed by atoms with Crippen LogP contribution in [-0.2, 0) is 0 Å². The van der Waals surface area contributed by atoms with Gasteiger partial charge in [0.25, 0.3) is 0 Å². The molecular formula is C10H8ClFN2O3. The second kappa shape index (κ2) is 4.14. The molecule has 0 unspecified atom stereocenters. The molecule has 0 atom stereocenters. The summed E-state index contributed by atoms with van der Waals surface area (Å²) in [5.41, 5.74) is 6.11. The predicted octanol–water partition coefficient (Wildman–Crippen LogP) is 2.43. The van der Waals surface area contributed by atoms with E-state index in [0.29, 0.717) is 5.56 Å². The van der Waals surface area contributed by atoms with Crippen molar-refractivity contribution in [1.82, 2.24) is 5.16 Å². The van der Waals surface area contributed by atoms with E-state index in [0.717, 1.165) is 0 Å². The van der Waals surface area contributed by atoms with Crippen LogP contribution in [0.25, 0.3) is 11.1 Å². The quantitative estimate of drug-likeness (QED) is 0.865. The molecule has 0 fully saturated rings. The summed E-state index contributed by atoms with van der Waals surface area (Å²) in [6.07, 6.45) is 1.31. The van der Waals surface area contributed by atoms with E-state index in [-0.39, 0.29) is 22.2 Å². The van der Waals surface area contributed by atoms with Crippen LogP contribution in [0.1, 0.15) is 0 Å². The van der Waals surface area contributed by atoms with Crippen LogP contribution < -0.4 is 10.5 Å². The van der Waals surface area contributed by atoms with Crippen molar-refractivity contribution < 1.29 is 18.8 Å². The molecule has 17 heavy (non-hydrogen) atoms. The van der Waals surface area contributed by atoms with E-state index >= 15 is 0 Å². The first-order chi connectivity index (χ1) is 8.06. The van der Waals surface area contributed by atoms with Crippen molar-refractivity contribution in [2.45, 2.75) is 0 Å². The van der Waals surface area contributed by atoms with Gasteiger partial charge in [-0.05, 0) is 6.07 Å². The van der Waals surface area contributed by atoms with Crippen molar-refractivity contribution in [3.8, 4) is 22.6 Å². The normalized spacial score (nSPS) is 10.5. The number of halogens is 2. The lowest BCUT2D eigenvalue weighted by atomic mass is 10.1.